The van der Waals surface area contributed by atoms with Crippen LogP contribution in [0.1, 0.15) is 27.8 Å². The van der Waals surface area contributed by atoms with Gasteiger partial charge in [-0.15, -0.1) is 0 Å². The summed E-state index contributed by atoms with van der Waals surface area (Å²) in [6, 6.07) is 9.44. The van der Waals surface area contributed by atoms with Crippen LogP contribution in [0.3, 0.4) is 0 Å². The van der Waals surface area contributed by atoms with Crippen LogP contribution in [0.15, 0.2) is 42.7 Å². The Morgan fingerprint density at radius 3 is 2.96 bits per heavy atom. The van der Waals surface area contributed by atoms with Gasteiger partial charge in [0.05, 0.1) is 24.2 Å². The predicted octanol–water partition coefficient (Wildman–Crippen LogP) is 2.48. The van der Waals surface area contributed by atoms with Crippen LogP contribution in [0, 0.1) is 6.92 Å². The van der Waals surface area contributed by atoms with Crippen LogP contribution in [0.2, 0.25) is 0 Å². The van der Waals surface area contributed by atoms with E-state index in [9.17, 15) is 4.79 Å². The lowest BCUT2D eigenvalue weighted by Crippen LogP contribution is -2.42. The van der Waals surface area contributed by atoms with E-state index in [0.717, 1.165) is 22.4 Å². The lowest BCUT2D eigenvalue weighted by Gasteiger charge is -2.33. The zero-order valence-corrected chi connectivity index (χ0v) is 13.4. The minimum absolute atomic E-state index is 0.0199. The second-order valence-electron chi connectivity index (χ2n) is 5.95. The second-order valence-corrected chi connectivity index (χ2v) is 5.95. The maximum Gasteiger partial charge on any atom is 0.254 e. The number of benzene rings is 1. The normalized spacial score (nSPS) is 18.0. The van der Waals surface area contributed by atoms with Crippen molar-refractivity contribution >= 4 is 16.9 Å². The number of H-pyrrole nitrogens is 1. The first kappa shape index (κ1) is 14.8. The molecule has 1 fully saturated rings. The smallest absolute Gasteiger partial charge is 0.254 e. The van der Waals surface area contributed by atoms with Crippen molar-refractivity contribution in [3.8, 4) is 0 Å². The Morgan fingerprint density at radius 2 is 2.12 bits per heavy atom. The molecule has 0 aliphatic carbocycles. The molecule has 122 valence electrons. The summed E-state index contributed by atoms with van der Waals surface area (Å²) in [5.74, 6) is 0.866. The Bertz CT molecular complexity index is 875. The maximum atomic E-state index is 12.9. The monoisotopic (exact) mass is 322 g/mol. The van der Waals surface area contributed by atoms with E-state index in [1.165, 1.54) is 0 Å². The number of carbonyl (C=O) groups is 1. The van der Waals surface area contributed by atoms with Crippen LogP contribution < -0.4 is 0 Å². The van der Waals surface area contributed by atoms with E-state index >= 15 is 0 Å². The molecular formula is C18H18N4O2. The van der Waals surface area contributed by atoms with Gasteiger partial charge < -0.3 is 14.6 Å². The molecule has 6 heteroatoms. The number of morpholine rings is 1. The second kappa shape index (κ2) is 6.05. The van der Waals surface area contributed by atoms with Crippen molar-refractivity contribution in [3.63, 3.8) is 0 Å². The number of rotatable bonds is 2. The molecule has 6 nitrogen and oxygen atoms in total. The van der Waals surface area contributed by atoms with Crippen LogP contribution in [0.5, 0.6) is 0 Å². The van der Waals surface area contributed by atoms with Crippen LogP contribution in [-0.4, -0.2) is 45.5 Å². The van der Waals surface area contributed by atoms with Crippen molar-refractivity contribution in [3.05, 3.63) is 59.7 Å². The SMILES string of the molecule is Cc1nc2ccc(C(=O)N3CCO[C@H](c4ccncc4)C3)cc2[nH]1. The Balaban J connectivity index is 1.56. The predicted molar refractivity (Wildman–Crippen MR) is 89.7 cm³/mol. The zero-order chi connectivity index (χ0) is 16.5. The van der Waals surface area contributed by atoms with E-state index in [4.69, 9.17) is 4.74 Å². The van der Waals surface area contributed by atoms with Gasteiger partial charge in [-0.25, -0.2) is 4.98 Å². The molecule has 1 saturated heterocycles. The van der Waals surface area contributed by atoms with Gasteiger partial charge in [-0.3, -0.25) is 9.78 Å². The third kappa shape index (κ3) is 2.76. The molecule has 0 unspecified atom stereocenters. The van der Waals surface area contributed by atoms with Crippen molar-refractivity contribution in [2.45, 2.75) is 13.0 Å². The highest BCUT2D eigenvalue weighted by molar-refractivity contribution is 5.97. The Kier molecular flexibility index (Phi) is 3.74. The van der Waals surface area contributed by atoms with Crippen molar-refractivity contribution in [2.24, 2.45) is 0 Å². The minimum atomic E-state index is -0.108. The van der Waals surface area contributed by atoms with Crippen LogP contribution in [0.25, 0.3) is 11.0 Å². The Morgan fingerprint density at radius 1 is 1.29 bits per heavy atom. The molecule has 1 aliphatic heterocycles. The molecule has 2 aromatic heterocycles. The molecule has 1 amide bonds. The highest BCUT2D eigenvalue weighted by Crippen LogP contribution is 2.23. The third-order valence-corrected chi connectivity index (χ3v) is 4.28. The fraction of sp³-hybridized carbons (Fsp3) is 0.278. The number of amides is 1. The first-order valence-electron chi connectivity index (χ1n) is 7.98. The van der Waals surface area contributed by atoms with Crippen molar-refractivity contribution in [2.75, 3.05) is 19.7 Å². The number of ether oxygens (including phenoxy) is 1. The quantitative estimate of drug-likeness (QED) is 0.787. The minimum Gasteiger partial charge on any atom is -0.370 e. The topological polar surface area (TPSA) is 71.1 Å². The zero-order valence-electron chi connectivity index (χ0n) is 13.4. The van der Waals surface area contributed by atoms with E-state index in [1.54, 1.807) is 12.4 Å². The van der Waals surface area contributed by atoms with Crippen molar-refractivity contribution in [1.82, 2.24) is 19.9 Å². The van der Waals surface area contributed by atoms with E-state index in [1.807, 2.05) is 42.2 Å². The molecule has 3 heterocycles. The van der Waals surface area contributed by atoms with Crippen LogP contribution in [-0.2, 0) is 4.74 Å². The number of nitrogens with zero attached hydrogens (tertiary/aromatic N) is 3. The van der Waals surface area contributed by atoms with Gasteiger partial charge in [0.2, 0.25) is 0 Å². The lowest BCUT2D eigenvalue weighted by atomic mass is 10.1. The molecule has 1 aromatic carbocycles. The molecule has 0 radical (unpaired) electrons. The number of hydrogen-bond acceptors (Lipinski definition) is 4. The van der Waals surface area contributed by atoms with Gasteiger partial charge in [-0.05, 0) is 42.8 Å². The highest BCUT2D eigenvalue weighted by Gasteiger charge is 2.26. The number of pyridine rings is 1. The largest absolute Gasteiger partial charge is 0.370 e. The summed E-state index contributed by atoms with van der Waals surface area (Å²) in [5, 5.41) is 0. The summed E-state index contributed by atoms with van der Waals surface area (Å²) in [4.78, 5) is 26.3. The molecule has 0 bridgehead atoms. The molecular weight excluding hydrogens is 304 g/mol. The summed E-state index contributed by atoms with van der Waals surface area (Å²) in [6.45, 7) is 3.58. The Labute approximate surface area is 139 Å². The van der Waals surface area contributed by atoms with Crippen molar-refractivity contribution < 1.29 is 9.53 Å². The summed E-state index contributed by atoms with van der Waals surface area (Å²) in [6.07, 6.45) is 3.38. The summed E-state index contributed by atoms with van der Waals surface area (Å²) in [7, 11) is 0. The van der Waals surface area contributed by atoms with Crippen LogP contribution >= 0.6 is 0 Å². The highest BCUT2D eigenvalue weighted by atomic mass is 16.5. The van der Waals surface area contributed by atoms with Gasteiger partial charge in [0, 0.05) is 24.5 Å². The first-order valence-corrected chi connectivity index (χ1v) is 7.98. The number of fused-ring (bicyclic) bond motifs is 1. The molecule has 0 spiro atoms. The lowest BCUT2D eigenvalue weighted by molar-refractivity contribution is -0.0228. The molecule has 1 N–H and O–H groups in total. The number of carbonyl (C=O) groups excluding carboxylic acids is 1. The van der Waals surface area contributed by atoms with Gasteiger partial charge >= 0.3 is 0 Å². The molecule has 24 heavy (non-hydrogen) atoms. The Hall–Kier alpha value is -2.73. The molecule has 0 saturated carbocycles. The van der Waals surface area contributed by atoms with Crippen molar-refractivity contribution in [1.29, 1.82) is 0 Å². The average molecular weight is 322 g/mol. The molecule has 1 aliphatic rings. The standard InChI is InChI=1S/C18H18N4O2/c1-12-20-15-3-2-14(10-16(15)21-12)18(23)22-8-9-24-17(11-22)13-4-6-19-7-5-13/h2-7,10,17H,8-9,11H2,1H3,(H,20,21)/t17-/m0/s1. The van der Waals surface area contributed by atoms with E-state index in [-0.39, 0.29) is 12.0 Å². The van der Waals surface area contributed by atoms with Gasteiger partial charge in [0.15, 0.2) is 0 Å². The number of nitrogens with one attached hydrogen (secondary N) is 1. The third-order valence-electron chi connectivity index (χ3n) is 4.28. The van der Waals surface area contributed by atoms with Gasteiger partial charge in [0.25, 0.3) is 5.91 Å². The number of aryl methyl sites for hydroxylation is 1. The summed E-state index contributed by atoms with van der Waals surface area (Å²) < 4.78 is 5.82. The van der Waals surface area contributed by atoms with E-state index < -0.39 is 0 Å². The number of aromatic nitrogens is 3. The molecule has 3 aromatic rings. The van der Waals surface area contributed by atoms with Gasteiger partial charge in [0.1, 0.15) is 11.9 Å². The molecule has 1 atom stereocenters. The maximum absolute atomic E-state index is 12.9. The van der Waals surface area contributed by atoms with Crippen LogP contribution in [0.4, 0.5) is 0 Å². The van der Waals surface area contributed by atoms with E-state index in [2.05, 4.69) is 15.0 Å². The number of imidazole rings is 1. The van der Waals surface area contributed by atoms with E-state index in [0.29, 0.717) is 25.3 Å². The van der Waals surface area contributed by atoms with Gasteiger partial charge in [-0.1, -0.05) is 0 Å². The fourth-order valence-electron chi connectivity index (χ4n) is 3.07. The van der Waals surface area contributed by atoms with Gasteiger partial charge in [-0.2, -0.15) is 0 Å². The fourth-order valence-corrected chi connectivity index (χ4v) is 3.07. The number of hydrogen-bond donors (Lipinski definition) is 1. The summed E-state index contributed by atoms with van der Waals surface area (Å²) >= 11 is 0. The first-order chi connectivity index (χ1) is 11.7. The molecule has 4 rings (SSSR count). The number of aromatic amines is 1. The summed E-state index contributed by atoms with van der Waals surface area (Å²) in [5.41, 5.74) is 3.47. The average Bonchev–Trinajstić information content (AvgIpc) is 3.01.